The largest absolute Gasteiger partial charge is 0.377 e. The fraction of sp³-hybridized carbons (Fsp3) is 0.267. The van der Waals surface area contributed by atoms with Crippen LogP contribution in [0.25, 0.3) is 11.3 Å². The van der Waals surface area contributed by atoms with E-state index in [2.05, 4.69) is 69.8 Å². The van der Waals surface area contributed by atoms with Gasteiger partial charge in [0.2, 0.25) is 0 Å². The quantitative estimate of drug-likeness (QED) is 0.877. The van der Waals surface area contributed by atoms with Crippen molar-refractivity contribution in [3.8, 4) is 11.3 Å². The fourth-order valence-corrected chi connectivity index (χ4v) is 2.35. The van der Waals surface area contributed by atoms with Crippen LogP contribution in [-0.2, 0) is 7.05 Å². The van der Waals surface area contributed by atoms with Crippen LogP contribution in [0.1, 0.15) is 0 Å². The number of aromatic nitrogens is 1. The Balaban J connectivity index is 1.83. The minimum absolute atomic E-state index is 0.751. The van der Waals surface area contributed by atoms with Crippen LogP contribution in [-0.4, -0.2) is 30.0 Å². The van der Waals surface area contributed by atoms with Crippen molar-refractivity contribution < 1.29 is 0 Å². The second-order valence-electron chi connectivity index (χ2n) is 4.66. The van der Waals surface area contributed by atoms with Crippen molar-refractivity contribution in [2.75, 3.05) is 25.0 Å². The van der Waals surface area contributed by atoms with E-state index in [0.29, 0.717) is 0 Å². The van der Waals surface area contributed by atoms with Crippen molar-refractivity contribution in [1.29, 1.82) is 0 Å². The van der Waals surface area contributed by atoms with Gasteiger partial charge in [-0.1, -0.05) is 18.2 Å². The molecule has 0 saturated carbocycles. The number of aryl methyl sites for hydroxylation is 1. The molecule has 4 heteroatoms. The third-order valence-corrected chi connectivity index (χ3v) is 3.34. The first-order chi connectivity index (χ1) is 9.34. The van der Waals surface area contributed by atoms with Gasteiger partial charge < -0.3 is 15.2 Å². The number of anilines is 1. The zero-order chi connectivity index (χ0) is 13.1. The summed E-state index contributed by atoms with van der Waals surface area (Å²) < 4.78 is 2.13. The van der Waals surface area contributed by atoms with Gasteiger partial charge in [0.15, 0.2) is 0 Å². The summed E-state index contributed by atoms with van der Waals surface area (Å²) in [5.41, 5.74) is 3.57. The van der Waals surface area contributed by atoms with E-state index in [1.165, 1.54) is 11.3 Å². The number of para-hydroxylation sites is 1. The average Bonchev–Trinajstić information content (AvgIpc) is 3.08. The predicted octanol–water partition coefficient (Wildman–Crippen LogP) is 2.11. The van der Waals surface area contributed by atoms with Crippen LogP contribution in [0.15, 0.2) is 47.6 Å². The molecule has 0 amide bonds. The molecule has 3 rings (SSSR count). The first-order valence-corrected chi connectivity index (χ1v) is 6.56. The van der Waals surface area contributed by atoms with Gasteiger partial charge in [-0.05, 0) is 18.2 Å². The van der Waals surface area contributed by atoms with E-state index in [1.807, 2.05) is 0 Å². The van der Waals surface area contributed by atoms with Gasteiger partial charge in [0.25, 0.3) is 0 Å². The highest BCUT2D eigenvalue weighted by Crippen LogP contribution is 2.27. The summed E-state index contributed by atoms with van der Waals surface area (Å²) in [6, 6.07) is 12.6. The second kappa shape index (κ2) is 5.18. The Morgan fingerprint density at radius 1 is 1.26 bits per heavy atom. The summed E-state index contributed by atoms with van der Waals surface area (Å²) >= 11 is 0. The Morgan fingerprint density at radius 3 is 2.89 bits per heavy atom. The molecule has 0 radical (unpaired) electrons. The molecule has 0 unspecified atom stereocenters. The van der Waals surface area contributed by atoms with Crippen molar-refractivity contribution in [3.63, 3.8) is 0 Å². The predicted molar refractivity (Wildman–Crippen MR) is 79.6 cm³/mol. The summed E-state index contributed by atoms with van der Waals surface area (Å²) in [5, 5.41) is 6.74. The highest BCUT2D eigenvalue weighted by atomic mass is 15.1. The lowest BCUT2D eigenvalue weighted by molar-refractivity contribution is 0.937. The molecule has 2 N–H and O–H groups in total. The molecule has 0 atom stereocenters. The van der Waals surface area contributed by atoms with Gasteiger partial charge in [-0.25, -0.2) is 0 Å². The maximum absolute atomic E-state index is 4.40. The zero-order valence-corrected chi connectivity index (χ0v) is 11.1. The molecular formula is C15H18N4. The van der Waals surface area contributed by atoms with Crippen LogP contribution in [0.3, 0.4) is 0 Å². The molecule has 2 aromatic rings. The SMILES string of the molecule is Cn1cccc1-c1ccccc1NCC1=NCCN1. The van der Waals surface area contributed by atoms with E-state index in [0.717, 1.165) is 31.2 Å². The summed E-state index contributed by atoms with van der Waals surface area (Å²) in [4.78, 5) is 4.40. The smallest absolute Gasteiger partial charge is 0.116 e. The second-order valence-corrected chi connectivity index (χ2v) is 4.66. The van der Waals surface area contributed by atoms with Crippen molar-refractivity contribution in [1.82, 2.24) is 9.88 Å². The lowest BCUT2D eigenvalue weighted by Crippen LogP contribution is -2.26. The van der Waals surface area contributed by atoms with Crippen molar-refractivity contribution in [2.24, 2.45) is 12.0 Å². The van der Waals surface area contributed by atoms with Crippen molar-refractivity contribution in [3.05, 3.63) is 42.6 Å². The molecule has 0 aliphatic carbocycles. The Labute approximate surface area is 113 Å². The van der Waals surface area contributed by atoms with Crippen LogP contribution >= 0.6 is 0 Å². The number of rotatable bonds is 4. The third kappa shape index (κ3) is 2.47. The van der Waals surface area contributed by atoms with Gasteiger partial charge in [0.05, 0.1) is 13.1 Å². The molecule has 0 spiro atoms. The average molecular weight is 254 g/mol. The van der Waals surface area contributed by atoms with Gasteiger partial charge in [0.1, 0.15) is 5.84 Å². The first-order valence-electron chi connectivity index (χ1n) is 6.56. The lowest BCUT2D eigenvalue weighted by atomic mass is 10.1. The minimum Gasteiger partial charge on any atom is -0.377 e. The molecule has 1 aliphatic heterocycles. The van der Waals surface area contributed by atoms with Crippen LogP contribution in [0.5, 0.6) is 0 Å². The Hall–Kier alpha value is -2.23. The topological polar surface area (TPSA) is 41.4 Å². The number of hydrogen-bond acceptors (Lipinski definition) is 3. The van der Waals surface area contributed by atoms with Crippen LogP contribution in [0.4, 0.5) is 5.69 Å². The molecule has 2 heterocycles. The van der Waals surface area contributed by atoms with Gasteiger partial charge in [-0.15, -0.1) is 0 Å². The Morgan fingerprint density at radius 2 is 2.16 bits per heavy atom. The molecule has 1 aromatic carbocycles. The highest BCUT2D eigenvalue weighted by Gasteiger charge is 2.09. The maximum atomic E-state index is 4.40. The first kappa shape index (κ1) is 11.8. The summed E-state index contributed by atoms with van der Waals surface area (Å²) in [7, 11) is 2.06. The van der Waals surface area contributed by atoms with Crippen LogP contribution in [0, 0.1) is 0 Å². The van der Waals surface area contributed by atoms with Gasteiger partial charge in [-0.3, -0.25) is 4.99 Å². The molecular weight excluding hydrogens is 236 g/mol. The molecule has 19 heavy (non-hydrogen) atoms. The van der Waals surface area contributed by atoms with E-state index >= 15 is 0 Å². The lowest BCUT2D eigenvalue weighted by Gasteiger charge is -2.13. The third-order valence-electron chi connectivity index (χ3n) is 3.34. The number of nitrogens with one attached hydrogen (secondary N) is 2. The molecule has 4 nitrogen and oxygen atoms in total. The molecule has 1 aromatic heterocycles. The standard InChI is InChI=1S/C15H18N4/c1-19-10-4-7-14(19)12-5-2-3-6-13(12)18-11-15-16-8-9-17-15/h2-7,10,18H,8-9,11H2,1H3,(H,16,17). The van der Waals surface area contributed by atoms with E-state index in [-0.39, 0.29) is 0 Å². The van der Waals surface area contributed by atoms with E-state index in [9.17, 15) is 0 Å². The summed E-state index contributed by atoms with van der Waals surface area (Å²) in [5.74, 6) is 1.04. The number of benzene rings is 1. The van der Waals surface area contributed by atoms with Gasteiger partial charge >= 0.3 is 0 Å². The van der Waals surface area contributed by atoms with Crippen molar-refractivity contribution in [2.45, 2.75) is 0 Å². The maximum Gasteiger partial charge on any atom is 0.116 e. The van der Waals surface area contributed by atoms with Crippen LogP contribution < -0.4 is 10.6 Å². The van der Waals surface area contributed by atoms with Gasteiger partial charge in [0, 0.05) is 36.7 Å². The number of nitrogens with zero attached hydrogens (tertiary/aromatic N) is 2. The number of aliphatic imine (C=N–C) groups is 1. The normalized spacial score (nSPS) is 14.1. The van der Waals surface area contributed by atoms with Crippen LogP contribution in [0.2, 0.25) is 0 Å². The fourth-order valence-electron chi connectivity index (χ4n) is 2.35. The monoisotopic (exact) mass is 254 g/mol. The molecule has 0 fully saturated rings. The number of hydrogen-bond donors (Lipinski definition) is 2. The van der Waals surface area contributed by atoms with E-state index in [4.69, 9.17) is 0 Å². The zero-order valence-electron chi connectivity index (χ0n) is 11.1. The molecule has 1 aliphatic rings. The molecule has 0 bridgehead atoms. The van der Waals surface area contributed by atoms with E-state index < -0.39 is 0 Å². The van der Waals surface area contributed by atoms with E-state index in [1.54, 1.807) is 0 Å². The minimum atomic E-state index is 0.751. The summed E-state index contributed by atoms with van der Waals surface area (Å²) in [6.07, 6.45) is 2.06. The van der Waals surface area contributed by atoms with Gasteiger partial charge in [-0.2, -0.15) is 0 Å². The molecule has 0 saturated heterocycles. The number of amidine groups is 1. The molecule has 98 valence electrons. The Bertz CT molecular complexity index is 598. The summed E-state index contributed by atoms with van der Waals surface area (Å²) in [6.45, 7) is 2.59. The highest BCUT2D eigenvalue weighted by molar-refractivity contribution is 5.89. The van der Waals surface area contributed by atoms with Crippen molar-refractivity contribution >= 4 is 11.5 Å². The Kier molecular flexibility index (Phi) is 3.23.